The molecule has 0 aliphatic carbocycles. The van der Waals surface area contributed by atoms with Crippen LogP contribution in [-0.4, -0.2) is 10.6 Å². The highest BCUT2D eigenvalue weighted by atomic mass is 127. The van der Waals surface area contributed by atoms with Gasteiger partial charge in [-0.1, -0.05) is 50.9 Å². The van der Waals surface area contributed by atoms with E-state index in [1.807, 2.05) is 0 Å². The Kier molecular flexibility index (Phi) is 9.06. The fraction of sp³-hybridized carbons (Fsp3) is 1.00. The van der Waals surface area contributed by atoms with Crippen molar-refractivity contribution >= 4 is 50.9 Å². The summed E-state index contributed by atoms with van der Waals surface area (Å²) in [4.78, 5) is 0. The zero-order valence-electron chi connectivity index (χ0n) is 3.38. The van der Waals surface area contributed by atoms with Crippen molar-refractivity contribution < 1.29 is 0 Å². The largest absolute Gasteiger partial charge is 0.0864 e. The highest BCUT2D eigenvalue weighted by Crippen LogP contribution is 2.20. The molecule has 0 saturated heterocycles. The summed E-state index contributed by atoms with van der Waals surface area (Å²) in [6.45, 7) is 0. The average molecular weight is 328 g/mol. The van der Waals surface area contributed by atoms with Gasteiger partial charge in [-0.25, -0.2) is 0 Å². The minimum absolute atomic E-state index is 1.13. The molecule has 0 heterocycles. The molecule has 0 saturated carbocycles. The van der Waals surface area contributed by atoms with Gasteiger partial charge in [-0.3, -0.25) is 0 Å². The van der Waals surface area contributed by atoms with Crippen LogP contribution in [0.25, 0.3) is 0 Å². The van der Waals surface area contributed by atoms with Crippen molar-refractivity contribution in [3.05, 3.63) is 0 Å². The number of alkyl halides is 1. The molecule has 1 unspecified atom stereocenters. The topological polar surface area (TPSA) is 0 Å². The maximum absolute atomic E-state index is 2.44. The van der Waals surface area contributed by atoms with E-state index in [1.54, 1.807) is 0 Å². The molecule has 0 radical (unpaired) electrons. The lowest BCUT2D eigenvalue weighted by Gasteiger charge is -1.84. The molecule has 0 aromatic carbocycles. The predicted octanol–water partition coefficient (Wildman–Crippen LogP) is 2.84. The summed E-state index contributed by atoms with van der Waals surface area (Å²) in [7, 11) is 0. The van der Waals surface area contributed by atoms with Gasteiger partial charge in [-0.05, 0) is 17.0 Å². The second-order valence-electron chi connectivity index (χ2n) is 0.926. The molecule has 0 aliphatic heterocycles. The molecule has 38 valence electrons. The van der Waals surface area contributed by atoms with Crippen molar-refractivity contribution in [2.75, 3.05) is 10.6 Å². The van der Waals surface area contributed by atoms with Gasteiger partial charge in [0.1, 0.15) is 0 Å². The number of halogens is 2. The van der Waals surface area contributed by atoms with Gasteiger partial charge in [0.05, 0.1) is 0 Å². The van der Waals surface area contributed by atoms with E-state index in [1.165, 1.54) is 17.0 Å². The average Bonchev–Trinajstić information content (AvgIpc) is 1.61. The Morgan fingerprint density at radius 3 is 2.33 bits per heavy atom. The first-order valence-corrected chi connectivity index (χ1v) is 7.66. The molecule has 0 rings (SSSR count). The number of rotatable bonds is 3. The van der Waals surface area contributed by atoms with Crippen LogP contribution in [0.3, 0.4) is 0 Å². The first-order valence-electron chi connectivity index (χ1n) is 1.81. The van der Waals surface area contributed by atoms with E-state index in [4.69, 9.17) is 0 Å². The molecule has 0 fully saturated rings. The smallest absolute Gasteiger partial charge is 0.000121 e. The molecule has 0 amide bonds. The van der Waals surface area contributed by atoms with Crippen LogP contribution < -0.4 is 0 Å². The van der Waals surface area contributed by atoms with Gasteiger partial charge >= 0.3 is 0 Å². The highest BCUT2D eigenvalue weighted by Gasteiger charge is 1.77. The van der Waals surface area contributed by atoms with Crippen molar-refractivity contribution in [3.8, 4) is 0 Å². The fourth-order valence-electron chi connectivity index (χ4n) is 0.134. The first kappa shape index (κ1) is 7.89. The summed E-state index contributed by atoms with van der Waals surface area (Å²) >= 11 is 4.85. The van der Waals surface area contributed by atoms with E-state index < -0.39 is 0 Å². The van der Waals surface area contributed by atoms with E-state index in [0.29, 0.717) is 0 Å². The fourth-order valence-corrected chi connectivity index (χ4v) is 2.69. The van der Waals surface area contributed by atoms with Crippen molar-refractivity contribution in [2.45, 2.75) is 6.42 Å². The number of hydrogen-bond acceptors (Lipinski definition) is 0. The predicted molar refractivity (Wildman–Crippen MR) is 50.7 cm³/mol. The summed E-state index contributed by atoms with van der Waals surface area (Å²) in [6, 6.07) is 0. The molecule has 0 spiro atoms. The van der Waals surface area contributed by atoms with Crippen LogP contribution in [0.5, 0.6) is 0 Å². The van der Waals surface area contributed by atoms with Crippen LogP contribution in [0.2, 0.25) is 0 Å². The molecule has 0 aliphatic rings. The summed E-state index contributed by atoms with van der Waals surface area (Å²) in [5.74, 6) is 0. The third-order valence-corrected chi connectivity index (χ3v) is 3.33. The molecular weight excluding hydrogens is 321 g/mol. The van der Waals surface area contributed by atoms with Gasteiger partial charge in [0.15, 0.2) is 0 Å². The molecule has 6 heavy (non-hydrogen) atoms. The normalized spacial score (nSPS) is 11.0. The first-order chi connectivity index (χ1) is 2.91. The van der Waals surface area contributed by atoms with Gasteiger partial charge in [0.2, 0.25) is 0 Å². The molecule has 0 aromatic heterocycles. The second-order valence-corrected chi connectivity index (χ2v) is 5.06. The van der Waals surface area contributed by atoms with E-state index in [9.17, 15) is 0 Å². The molecule has 1 atom stereocenters. The van der Waals surface area contributed by atoms with Crippen molar-refractivity contribution in [1.82, 2.24) is 0 Å². The minimum Gasteiger partial charge on any atom is -0.0864 e. The quantitative estimate of drug-likeness (QED) is 0.324. The molecular formula is C3H7I2P. The molecule has 0 aromatic rings. The Hall–Kier alpha value is 1.89. The lowest BCUT2D eigenvalue weighted by molar-refractivity contribution is 1.15. The summed E-state index contributed by atoms with van der Waals surface area (Å²) in [5, 5.41) is 0. The molecule has 3 heteroatoms. The summed E-state index contributed by atoms with van der Waals surface area (Å²) in [5.41, 5.74) is 0. The minimum atomic E-state index is 1.13. The monoisotopic (exact) mass is 328 g/mol. The van der Waals surface area contributed by atoms with Gasteiger partial charge in [0.25, 0.3) is 0 Å². The van der Waals surface area contributed by atoms with E-state index >= 15 is 0 Å². The van der Waals surface area contributed by atoms with Crippen molar-refractivity contribution in [3.63, 3.8) is 0 Å². The van der Waals surface area contributed by atoms with Gasteiger partial charge in [-0.2, -0.15) is 0 Å². The second kappa shape index (κ2) is 6.89. The maximum atomic E-state index is 2.44. The third-order valence-electron chi connectivity index (χ3n) is 0.405. The Balaban J connectivity index is 2.34. The molecule has 0 N–H and O–H groups in total. The van der Waals surface area contributed by atoms with Crippen molar-refractivity contribution in [2.24, 2.45) is 0 Å². The van der Waals surface area contributed by atoms with Crippen LogP contribution in [0.4, 0.5) is 0 Å². The Morgan fingerprint density at radius 2 is 2.17 bits per heavy atom. The van der Waals surface area contributed by atoms with Crippen LogP contribution in [0.1, 0.15) is 6.42 Å². The van der Waals surface area contributed by atoms with E-state index in [2.05, 4.69) is 44.6 Å². The Bertz CT molecular complexity index is 20.8. The van der Waals surface area contributed by atoms with Crippen molar-refractivity contribution in [1.29, 1.82) is 0 Å². The third kappa shape index (κ3) is 5.89. The van der Waals surface area contributed by atoms with E-state index in [-0.39, 0.29) is 0 Å². The van der Waals surface area contributed by atoms with Crippen LogP contribution in [0, 0.1) is 0 Å². The van der Waals surface area contributed by atoms with Crippen LogP contribution in [0.15, 0.2) is 0 Å². The van der Waals surface area contributed by atoms with Gasteiger partial charge in [0, 0.05) is 0 Å². The Labute approximate surface area is 67.3 Å². The van der Waals surface area contributed by atoms with Crippen LogP contribution >= 0.6 is 50.9 Å². The zero-order chi connectivity index (χ0) is 4.83. The van der Waals surface area contributed by atoms with Gasteiger partial charge < -0.3 is 0 Å². The summed E-state index contributed by atoms with van der Waals surface area (Å²) in [6.07, 6.45) is 3.95. The number of hydrogen-bond donors (Lipinski definition) is 0. The highest BCUT2D eigenvalue weighted by molar-refractivity contribution is 14.2. The Morgan fingerprint density at radius 1 is 1.50 bits per heavy atom. The SMILES string of the molecule is ICCCPI. The summed E-state index contributed by atoms with van der Waals surface area (Å²) < 4.78 is 1.33. The molecule has 0 nitrogen and oxygen atoms in total. The van der Waals surface area contributed by atoms with Gasteiger partial charge in [-0.15, -0.1) is 0 Å². The zero-order valence-corrected chi connectivity index (χ0v) is 8.69. The lowest BCUT2D eigenvalue weighted by Crippen LogP contribution is -1.71. The molecule has 0 bridgehead atoms. The lowest BCUT2D eigenvalue weighted by atomic mass is 10.6. The maximum Gasteiger partial charge on any atom is -0.000121 e. The standard InChI is InChI=1S/C3H7I2P/c4-2-1-3-6-5/h6H,1-3H2. The van der Waals surface area contributed by atoms with E-state index in [0.717, 1.165) is 6.22 Å². The van der Waals surface area contributed by atoms with Crippen LogP contribution in [-0.2, 0) is 0 Å².